The summed E-state index contributed by atoms with van der Waals surface area (Å²) < 4.78 is 10.4. The summed E-state index contributed by atoms with van der Waals surface area (Å²) in [5, 5.41) is 8.94. The van der Waals surface area contributed by atoms with Crippen molar-refractivity contribution in [2.45, 2.75) is 6.92 Å². The summed E-state index contributed by atoms with van der Waals surface area (Å²) in [5.74, 6) is -1.52. The van der Waals surface area contributed by atoms with E-state index in [1.165, 1.54) is 12.1 Å². The van der Waals surface area contributed by atoms with Crippen molar-refractivity contribution < 1.29 is 24.2 Å². The highest BCUT2D eigenvalue weighted by atomic mass is 79.9. The minimum atomic E-state index is -1.12. The second-order valence-corrected chi connectivity index (χ2v) is 3.96. The Kier molecular flexibility index (Phi) is 4.96. The lowest BCUT2D eigenvalue weighted by atomic mass is 10.2. The van der Waals surface area contributed by atoms with Crippen LogP contribution in [0.25, 0.3) is 0 Å². The van der Waals surface area contributed by atoms with Gasteiger partial charge in [-0.3, -0.25) is 0 Å². The number of carboxylic acid groups (broad SMARTS) is 1. The SMILES string of the molecule is CCOC(=O)COc1ccc(Br)cc1C(=O)O. The average Bonchev–Trinajstić information content (AvgIpc) is 2.27. The number of carbonyl (C=O) groups excluding carboxylic acids is 1. The zero-order valence-corrected chi connectivity index (χ0v) is 10.7. The third-order valence-corrected chi connectivity index (χ3v) is 2.32. The number of ether oxygens (including phenoxy) is 2. The fraction of sp³-hybridized carbons (Fsp3) is 0.273. The van der Waals surface area contributed by atoms with Gasteiger partial charge in [-0.15, -0.1) is 0 Å². The molecule has 0 atom stereocenters. The number of benzene rings is 1. The summed E-state index contributed by atoms with van der Waals surface area (Å²) in [5.41, 5.74) is -0.0105. The van der Waals surface area contributed by atoms with Crippen molar-refractivity contribution in [3.63, 3.8) is 0 Å². The zero-order chi connectivity index (χ0) is 12.8. The van der Waals surface area contributed by atoms with Crippen molar-refractivity contribution in [2.75, 3.05) is 13.2 Å². The highest BCUT2D eigenvalue weighted by Gasteiger charge is 2.13. The molecule has 0 unspecified atom stereocenters. The lowest BCUT2D eigenvalue weighted by molar-refractivity contribution is -0.145. The molecule has 1 N–H and O–H groups in total. The quantitative estimate of drug-likeness (QED) is 0.843. The number of carboxylic acids is 1. The number of esters is 1. The minimum Gasteiger partial charge on any atom is -0.481 e. The van der Waals surface area contributed by atoms with Gasteiger partial charge in [0.1, 0.15) is 11.3 Å². The van der Waals surface area contributed by atoms with Crippen LogP contribution in [-0.2, 0) is 9.53 Å². The van der Waals surface area contributed by atoms with Crippen LogP contribution in [-0.4, -0.2) is 30.3 Å². The molecule has 1 aromatic rings. The predicted octanol–water partition coefficient (Wildman–Crippen LogP) is 2.09. The van der Waals surface area contributed by atoms with Gasteiger partial charge in [0, 0.05) is 4.47 Å². The van der Waals surface area contributed by atoms with E-state index in [9.17, 15) is 9.59 Å². The fourth-order valence-electron chi connectivity index (χ4n) is 1.13. The first-order chi connectivity index (χ1) is 8.04. The number of hydrogen-bond donors (Lipinski definition) is 1. The van der Waals surface area contributed by atoms with Gasteiger partial charge in [0.05, 0.1) is 6.61 Å². The number of carbonyl (C=O) groups is 2. The Hall–Kier alpha value is -1.56. The van der Waals surface area contributed by atoms with Gasteiger partial charge in [0.2, 0.25) is 0 Å². The molecule has 0 saturated heterocycles. The highest BCUT2D eigenvalue weighted by Crippen LogP contribution is 2.23. The first-order valence-corrected chi connectivity index (χ1v) is 5.65. The van der Waals surface area contributed by atoms with Crippen molar-refractivity contribution in [3.05, 3.63) is 28.2 Å². The Morgan fingerprint density at radius 2 is 2.12 bits per heavy atom. The molecule has 0 heterocycles. The van der Waals surface area contributed by atoms with E-state index < -0.39 is 11.9 Å². The van der Waals surface area contributed by atoms with E-state index in [2.05, 4.69) is 20.7 Å². The molecule has 0 aliphatic carbocycles. The van der Waals surface area contributed by atoms with Crippen LogP contribution in [0, 0.1) is 0 Å². The van der Waals surface area contributed by atoms with E-state index in [-0.39, 0.29) is 24.5 Å². The molecule has 0 radical (unpaired) electrons. The largest absolute Gasteiger partial charge is 0.481 e. The van der Waals surface area contributed by atoms with Crippen molar-refractivity contribution >= 4 is 27.9 Å². The van der Waals surface area contributed by atoms with Crippen LogP contribution in [0.1, 0.15) is 17.3 Å². The molecule has 0 spiro atoms. The van der Waals surface area contributed by atoms with Crippen LogP contribution in [0.5, 0.6) is 5.75 Å². The Morgan fingerprint density at radius 1 is 1.41 bits per heavy atom. The monoisotopic (exact) mass is 302 g/mol. The van der Waals surface area contributed by atoms with Gasteiger partial charge >= 0.3 is 11.9 Å². The summed E-state index contributed by atoms with van der Waals surface area (Å²) in [4.78, 5) is 22.0. The van der Waals surface area contributed by atoms with Gasteiger partial charge in [0.25, 0.3) is 0 Å². The zero-order valence-electron chi connectivity index (χ0n) is 9.10. The number of rotatable bonds is 5. The normalized spacial score (nSPS) is 9.76. The van der Waals surface area contributed by atoms with Gasteiger partial charge in [-0.1, -0.05) is 15.9 Å². The molecule has 17 heavy (non-hydrogen) atoms. The third kappa shape index (κ3) is 4.07. The highest BCUT2D eigenvalue weighted by molar-refractivity contribution is 9.10. The molecular weight excluding hydrogens is 292 g/mol. The van der Waals surface area contributed by atoms with Crippen molar-refractivity contribution in [2.24, 2.45) is 0 Å². The summed E-state index contributed by atoms with van der Waals surface area (Å²) in [6.07, 6.45) is 0. The van der Waals surface area contributed by atoms with E-state index >= 15 is 0 Å². The molecule has 0 aliphatic heterocycles. The summed E-state index contributed by atoms with van der Waals surface area (Å²) in [6, 6.07) is 4.52. The average molecular weight is 303 g/mol. The molecule has 0 bridgehead atoms. The summed E-state index contributed by atoms with van der Waals surface area (Å²) in [6.45, 7) is 1.63. The van der Waals surface area contributed by atoms with Crippen LogP contribution in [0.3, 0.4) is 0 Å². The maximum Gasteiger partial charge on any atom is 0.344 e. The minimum absolute atomic E-state index is 0.0105. The molecule has 0 saturated carbocycles. The summed E-state index contributed by atoms with van der Waals surface area (Å²) >= 11 is 3.16. The van der Waals surface area contributed by atoms with Gasteiger partial charge in [-0.05, 0) is 25.1 Å². The first-order valence-electron chi connectivity index (χ1n) is 4.86. The van der Waals surface area contributed by atoms with Crippen LogP contribution in [0.15, 0.2) is 22.7 Å². The van der Waals surface area contributed by atoms with E-state index in [1.54, 1.807) is 13.0 Å². The van der Waals surface area contributed by atoms with Gasteiger partial charge in [-0.2, -0.15) is 0 Å². The molecular formula is C11H11BrO5. The molecule has 0 amide bonds. The number of halogens is 1. The maximum atomic E-state index is 11.1. The topological polar surface area (TPSA) is 72.8 Å². The van der Waals surface area contributed by atoms with E-state index in [4.69, 9.17) is 9.84 Å². The molecule has 1 rings (SSSR count). The number of hydrogen-bond acceptors (Lipinski definition) is 4. The Bertz CT molecular complexity index is 430. The lowest BCUT2D eigenvalue weighted by Crippen LogP contribution is -2.15. The molecule has 0 fully saturated rings. The van der Waals surface area contributed by atoms with Crippen LogP contribution in [0.4, 0.5) is 0 Å². The third-order valence-electron chi connectivity index (χ3n) is 1.82. The van der Waals surface area contributed by atoms with Crippen molar-refractivity contribution in [3.8, 4) is 5.75 Å². The van der Waals surface area contributed by atoms with Crippen LogP contribution < -0.4 is 4.74 Å². The predicted molar refractivity (Wildman–Crippen MR) is 63.2 cm³/mol. The smallest absolute Gasteiger partial charge is 0.344 e. The lowest BCUT2D eigenvalue weighted by Gasteiger charge is -2.08. The molecule has 1 aromatic carbocycles. The standard InChI is InChI=1S/C11H11BrO5/c1-2-16-10(13)6-17-9-4-3-7(12)5-8(9)11(14)15/h3-5H,2,6H2,1H3,(H,14,15). The van der Waals surface area contributed by atoms with Crippen molar-refractivity contribution in [1.82, 2.24) is 0 Å². The van der Waals surface area contributed by atoms with E-state index in [0.29, 0.717) is 4.47 Å². The first kappa shape index (κ1) is 13.5. The molecule has 0 aromatic heterocycles. The molecule has 5 nitrogen and oxygen atoms in total. The molecule has 92 valence electrons. The van der Waals surface area contributed by atoms with Gasteiger partial charge in [-0.25, -0.2) is 9.59 Å². The van der Waals surface area contributed by atoms with Crippen LogP contribution >= 0.6 is 15.9 Å². The van der Waals surface area contributed by atoms with Crippen molar-refractivity contribution in [1.29, 1.82) is 0 Å². The Balaban J connectivity index is 2.77. The number of aromatic carboxylic acids is 1. The fourth-order valence-corrected chi connectivity index (χ4v) is 1.50. The van der Waals surface area contributed by atoms with Gasteiger partial charge < -0.3 is 14.6 Å². The Morgan fingerprint density at radius 3 is 2.71 bits per heavy atom. The second-order valence-electron chi connectivity index (χ2n) is 3.04. The maximum absolute atomic E-state index is 11.1. The molecule has 6 heteroatoms. The summed E-state index contributed by atoms with van der Waals surface area (Å²) in [7, 11) is 0. The second kappa shape index (κ2) is 6.24. The Labute approximate surface area is 106 Å². The molecule has 0 aliphatic rings. The van der Waals surface area contributed by atoms with E-state index in [0.717, 1.165) is 0 Å². The van der Waals surface area contributed by atoms with Gasteiger partial charge in [0.15, 0.2) is 6.61 Å². The van der Waals surface area contributed by atoms with E-state index in [1.807, 2.05) is 0 Å². The van der Waals surface area contributed by atoms with Crippen LogP contribution in [0.2, 0.25) is 0 Å².